The van der Waals surface area contributed by atoms with Gasteiger partial charge in [-0.05, 0) is 45.9 Å². The average Bonchev–Trinajstić information content (AvgIpc) is 3.08. The molecule has 1 aliphatic rings. The summed E-state index contributed by atoms with van der Waals surface area (Å²) in [5.41, 5.74) is -2.65. The standard InChI is InChI=1S/C19H22ClF3N4O5S/c1-5-26-9-15(16(20)25-26)33(29,30)27-11(2)10-31-14-7-6-12(8-13(14)27)24-17(28)32-18(3,4)19(21,22)23/h6-9,11H,5,10H2,1-4H3,(H,24,28)/t11-/m1/s1. The molecule has 2 heterocycles. The van der Waals surface area contributed by atoms with Crippen LogP contribution in [0.4, 0.5) is 29.3 Å². The molecule has 0 unspecified atom stereocenters. The molecule has 0 radical (unpaired) electrons. The second-order valence-corrected chi connectivity index (χ2v) is 9.95. The van der Waals surface area contributed by atoms with Crippen LogP contribution in [0.15, 0.2) is 29.3 Å². The summed E-state index contributed by atoms with van der Waals surface area (Å²) < 4.78 is 78.4. The fourth-order valence-electron chi connectivity index (χ4n) is 3.02. The van der Waals surface area contributed by atoms with E-state index in [9.17, 15) is 26.4 Å². The van der Waals surface area contributed by atoms with Crippen LogP contribution >= 0.6 is 11.6 Å². The lowest BCUT2D eigenvalue weighted by Gasteiger charge is -2.35. The number of nitrogens with one attached hydrogen (secondary N) is 1. The van der Waals surface area contributed by atoms with Gasteiger partial charge in [0, 0.05) is 18.4 Å². The van der Waals surface area contributed by atoms with Crippen LogP contribution in [0.5, 0.6) is 5.75 Å². The van der Waals surface area contributed by atoms with Crippen molar-refractivity contribution < 1.29 is 35.9 Å². The minimum absolute atomic E-state index is 0.00461. The zero-order valence-electron chi connectivity index (χ0n) is 18.1. The lowest BCUT2D eigenvalue weighted by atomic mass is 10.1. The zero-order valence-corrected chi connectivity index (χ0v) is 19.7. The van der Waals surface area contributed by atoms with Gasteiger partial charge >= 0.3 is 12.3 Å². The first-order valence-electron chi connectivity index (χ1n) is 9.78. The van der Waals surface area contributed by atoms with E-state index in [4.69, 9.17) is 16.3 Å². The molecule has 0 fully saturated rings. The molecule has 2 aromatic rings. The number of nitrogens with zero attached hydrogens (tertiary/aromatic N) is 3. The molecule has 1 N–H and O–H groups in total. The number of halogens is 4. The number of ether oxygens (including phenoxy) is 2. The third-order valence-corrected chi connectivity index (χ3v) is 7.22. The first-order valence-corrected chi connectivity index (χ1v) is 11.6. The number of carbonyl (C=O) groups excluding carboxylic acids is 1. The molecule has 1 aromatic carbocycles. The van der Waals surface area contributed by atoms with Crippen LogP contribution in [0.1, 0.15) is 27.7 Å². The minimum Gasteiger partial charge on any atom is -0.489 e. The second-order valence-electron chi connectivity index (χ2n) is 7.81. The molecule has 0 aliphatic carbocycles. The highest BCUT2D eigenvalue weighted by molar-refractivity contribution is 7.93. The number of benzene rings is 1. The van der Waals surface area contributed by atoms with Gasteiger partial charge in [-0.2, -0.15) is 18.3 Å². The van der Waals surface area contributed by atoms with E-state index in [-0.39, 0.29) is 33.8 Å². The van der Waals surface area contributed by atoms with Gasteiger partial charge in [-0.25, -0.2) is 13.2 Å². The summed E-state index contributed by atoms with van der Waals surface area (Å²) in [6.07, 6.45) is -4.84. The maximum atomic E-state index is 13.4. The van der Waals surface area contributed by atoms with Gasteiger partial charge in [0.2, 0.25) is 5.60 Å². The molecule has 1 atom stereocenters. The SMILES string of the molecule is CCn1cc(S(=O)(=O)N2c3cc(NC(=O)OC(C)(C)C(F)(F)F)ccc3OC[C@H]2C)c(Cl)n1. The Morgan fingerprint density at radius 1 is 1.36 bits per heavy atom. The number of anilines is 2. The summed E-state index contributed by atoms with van der Waals surface area (Å²) in [7, 11) is -4.19. The van der Waals surface area contributed by atoms with Crippen LogP contribution in [0.2, 0.25) is 5.15 Å². The van der Waals surface area contributed by atoms with Gasteiger partial charge in [-0.1, -0.05) is 11.6 Å². The highest BCUT2D eigenvalue weighted by Gasteiger charge is 2.51. The van der Waals surface area contributed by atoms with E-state index in [0.29, 0.717) is 20.4 Å². The van der Waals surface area contributed by atoms with E-state index in [1.165, 1.54) is 29.1 Å². The molecule has 1 amide bonds. The normalized spacial score (nSPS) is 16.7. The van der Waals surface area contributed by atoms with Gasteiger partial charge in [0.15, 0.2) is 5.15 Å². The molecule has 33 heavy (non-hydrogen) atoms. The van der Waals surface area contributed by atoms with Crippen LogP contribution in [0.3, 0.4) is 0 Å². The van der Waals surface area contributed by atoms with Crippen molar-refractivity contribution in [3.8, 4) is 5.75 Å². The van der Waals surface area contributed by atoms with Crippen molar-refractivity contribution in [3.05, 3.63) is 29.5 Å². The van der Waals surface area contributed by atoms with Crippen molar-refractivity contribution in [1.82, 2.24) is 9.78 Å². The number of amides is 1. The van der Waals surface area contributed by atoms with E-state index in [1.54, 1.807) is 13.8 Å². The Balaban J connectivity index is 1.95. The monoisotopic (exact) mass is 510 g/mol. The molecule has 1 aromatic heterocycles. The average molecular weight is 511 g/mol. The number of hydrogen-bond acceptors (Lipinski definition) is 6. The van der Waals surface area contributed by atoms with Crippen LogP contribution in [-0.2, 0) is 21.3 Å². The van der Waals surface area contributed by atoms with Crippen LogP contribution < -0.4 is 14.4 Å². The molecule has 0 bridgehead atoms. The largest absolute Gasteiger partial charge is 0.489 e. The van der Waals surface area contributed by atoms with Crippen molar-refractivity contribution in [3.63, 3.8) is 0 Å². The molecular formula is C19H22ClF3N4O5S. The quantitative estimate of drug-likeness (QED) is 0.638. The number of sulfonamides is 1. The van der Waals surface area contributed by atoms with Crippen molar-refractivity contribution in [1.29, 1.82) is 0 Å². The van der Waals surface area contributed by atoms with Crippen LogP contribution in [0, 0.1) is 0 Å². The number of rotatable bonds is 5. The lowest BCUT2D eigenvalue weighted by molar-refractivity contribution is -0.242. The fourth-order valence-corrected chi connectivity index (χ4v) is 5.12. The lowest BCUT2D eigenvalue weighted by Crippen LogP contribution is -2.45. The fraction of sp³-hybridized carbons (Fsp3) is 0.474. The van der Waals surface area contributed by atoms with E-state index in [0.717, 1.165) is 4.31 Å². The number of alkyl halides is 3. The Morgan fingerprint density at radius 2 is 2.03 bits per heavy atom. The highest BCUT2D eigenvalue weighted by atomic mass is 35.5. The predicted molar refractivity (Wildman–Crippen MR) is 114 cm³/mol. The Labute approximate surface area is 193 Å². The van der Waals surface area contributed by atoms with Crippen LogP contribution in [-0.4, -0.2) is 48.7 Å². The Morgan fingerprint density at radius 3 is 2.61 bits per heavy atom. The summed E-state index contributed by atoms with van der Waals surface area (Å²) in [6, 6.07) is 3.35. The zero-order chi connectivity index (χ0) is 24.8. The number of aromatic nitrogens is 2. The maximum absolute atomic E-state index is 13.4. The highest BCUT2D eigenvalue weighted by Crippen LogP contribution is 2.41. The summed E-state index contributed by atoms with van der Waals surface area (Å²) in [4.78, 5) is 11.9. The molecule has 1 aliphatic heterocycles. The van der Waals surface area contributed by atoms with Gasteiger partial charge in [0.05, 0.1) is 11.7 Å². The number of aryl methyl sites for hydroxylation is 1. The van der Waals surface area contributed by atoms with Crippen molar-refractivity contribution in [2.75, 3.05) is 16.2 Å². The summed E-state index contributed by atoms with van der Waals surface area (Å²) in [5, 5.41) is 5.95. The summed E-state index contributed by atoms with van der Waals surface area (Å²) >= 11 is 6.07. The third kappa shape index (κ3) is 4.83. The first kappa shape index (κ1) is 25.0. The van der Waals surface area contributed by atoms with Gasteiger partial charge < -0.3 is 9.47 Å². The van der Waals surface area contributed by atoms with Crippen molar-refractivity contribution >= 4 is 39.1 Å². The Kier molecular flexibility index (Phi) is 6.50. The number of hydrogen-bond donors (Lipinski definition) is 1. The molecule has 14 heteroatoms. The van der Waals surface area contributed by atoms with E-state index in [1.807, 2.05) is 0 Å². The maximum Gasteiger partial charge on any atom is 0.427 e. The Bertz CT molecular complexity index is 1170. The van der Waals surface area contributed by atoms with E-state index in [2.05, 4.69) is 15.2 Å². The first-order chi connectivity index (χ1) is 15.2. The predicted octanol–water partition coefficient (Wildman–Crippen LogP) is 4.42. The molecule has 0 spiro atoms. The smallest absolute Gasteiger partial charge is 0.427 e. The minimum atomic E-state index is -4.78. The van der Waals surface area contributed by atoms with E-state index >= 15 is 0 Å². The molecule has 9 nitrogen and oxygen atoms in total. The van der Waals surface area contributed by atoms with Gasteiger partial charge in [-0.3, -0.25) is 14.3 Å². The van der Waals surface area contributed by atoms with Gasteiger partial charge in [0.25, 0.3) is 10.0 Å². The van der Waals surface area contributed by atoms with Crippen molar-refractivity contribution in [2.24, 2.45) is 0 Å². The Hall–Kier alpha value is -2.67. The third-order valence-electron chi connectivity index (χ3n) is 4.90. The van der Waals surface area contributed by atoms with Crippen LogP contribution in [0.25, 0.3) is 0 Å². The summed E-state index contributed by atoms with van der Waals surface area (Å²) in [6.45, 7) is 5.24. The summed E-state index contributed by atoms with van der Waals surface area (Å²) in [5.74, 6) is 0.199. The molecule has 3 rings (SSSR count). The van der Waals surface area contributed by atoms with Gasteiger partial charge in [-0.15, -0.1) is 0 Å². The molecule has 182 valence electrons. The molecular weight excluding hydrogens is 489 g/mol. The van der Waals surface area contributed by atoms with E-state index < -0.39 is 33.9 Å². The molecule has 0 saturated carbocycles. The van der Waals surface area contributed by atoms with Gasteiger partial charge in [0.1, 0.15) is 17.3 Å². The number of fused-ring (bicyclic) bond motifs is 1. The number of carbonyl (C=O) groups is 1. The molecule has 0 saturated heterocycles. The second kappa shape index (κ2) is 8.60. The topological polar surface area (TPSA) is 103 Å². The van der Waals surface area contributed by atoms with Crippen molar-refractivity contribution in [2.45, 2.75) is 57.0 Å².